The Morgan fingerprint density at radius 1 is 0.889 bits per heavy atom. The summed E-state index contributed by atoms with van der Waals surface area (Å²) < 4.78 is 0. The third kappa shape index (κ3) is 1.57. The SMILES string of the molecule is O=C1C(=Cc2ccccc2)C(=O)c2ncccc21. The van der Waals surface area contributed by atoms with Crippen LogP contribution in [0.15, 0.2) is 54.2 Å². The number of carbonyl (C=O) groups excluding carboxylic acids is 2. The molecule has 1 aliphatic rings. The highest BCUT2D eigenvalue weighted by atomic mass is 16.2. The van der Waals surface area contributed by atoms with Crippen LogP contribution in [0.4, 0.5) is 0 Å². The van der Waals surface area contributed by atoms with Crippen LogP contribution in [0.3, 0.4) is 0 Å². The Hall–Kier alpha value is -2.55. The van der Waals surface area contributed by atoms with Gasteiger partial charge in [-0.3, -0.25) is 14.6 Å². The standard InChI is InChI=1S/C15H9NO2/c17-14-11-7-4-8-16-13(11)15(18)12(14)9-10-5-2-1-3-6-10/h1-9H. The molecule has 0 amide bonds. The Labute approximate surface area is 104 Å². The first-order chi connectivity index (χ1) is 8.77. The highest BCUT2D eigenvalue weighted by molar-refractivity contribution is 6.40. The topological polar surface area (TPSA) is 47.0 Å². The molecule has 3 heteroatoms. The van der Waals surface area contributed by atoms with Crippen LogP contribution in [-0.2, 0) is 0 Å². The number of ketones is 2. The highest BCUT2D eigenvalue weighted by Crippen LogP contribution is 2.25. The molecule has 0 atom stereocenters. The van der Waals surface area contributed by atoms with Crippen molar-refractivity contribution in [2.75, 3.05) is 0 Å². The molecule has 3 rings (SSSR count). The number of aromatic nitrogens is 1. The Bertz CT molecular complexity index is 635. The smallest absolute Gasteiger partial charge is 0.216 e. The van der Waals surface area contributed by atoms with Crippen molar-refractivity contribution in [2.45, 2.75) is 0 Å². The van der Waals surface area contributed by atoms with Crippen molar-refractivity contribution in [3.8, 4) is 0 Å². The van der Waals surface area contributed by atoms with Crippen molar-refractivity contribution in [3.05, 3.63) is 71.1 Å². The summed E-state index contributed by atoms with van der Waals surface area (Å²) in [6.45, 7) is 0. The van der Waals surface area contributed by atoms with Crippen molar-refractivity contribution in [1.82, 2.24) is 4.98 Å². The van der Waals surface area contributed by atoms with Gasteiger partial charge in [0.15, 0.2) is 5.78 Å². The second-order valence-electron chi connectivity index (χ2n) is 4.03. The van der Waals surface area contributed by atoms with Crippen LogP contribution in [-0.4, -0.2) is 16.6 Å². The van der Waals surface area contributed by atoms with Gasteiger partial charge in [0.05, 0.1) is 11.1 Å². The molecule has 1 aromatic carbocycles. The quantitative estimate of drug-likeness (QED) is 0.563. The van der Waals surface area contributed by atoms with E-state index in [1.807, 2.05) is 30.3 Å². The minimum atomic E-state index is -0.292. The number of rotatable bonds is 1. The summed E-state index contributed by atoms with van der Waals surface area (Å²) in [5, 5.41) is 0. The maximum absolute atomic E-state index is 12.1. The molecule has 1 aliphatic carbocycles. The molecule has 86 valence electrons. The maximum atomic E-state index is 12.1. The van der Waals surface area contributed by atoms with Crippen molar-refractivity contribution in [3.63, 3.8) is 0 Å². The van der Waals surface area contributed by atoms with E-state index >= 15 is 0 Å². The van der Waals surface area contributed by atoms with Gasteiger partial charge in [-0.15, -0.1) is 0 Å². The molecule has 0 N–H and O–H groups in total. The summed E-state index contributed by atoms with van der Waals surface area (Å²) >= 11 is 0. The number of hydrogen-bond acceptors (Lipinski definition) is 3. The van der Waals surface area contributed by atoms with Gasteiger partial charge in [-0.25, -0.2) is 0 Å². The summed E-state index contributed by atoms with van der Waals surface area (Å²) in [5.41, 5.74) is 1.67. The van der Waals surface area contributed by atoms with E-state index in [0.29, 0.717) is 5.56 Å². The normalized spacial score (nSPS) is 16.1. The molecule has 0 saturated carbocycles. The van der Waals surface area contributed by atoms with Gasteiger partial charge in [0, 0.05) is 6.20 Å². The fourth-order valence-corrected chi connectivity index (χ4v) is 1.99. The van der Waals surface area contributed by atoms with Crippen LogP contribution in [0, 0.1) is 0 Å². The monoisotopic (exact) mass is 235 g/mol. The number of nitrogens with zero attached hydrogens (tertiary/aromatic N) is 1. The number of hydrogen-bond donors (Lipinski definition) is 0. The minimum Gasteiger partial charge on any atom is -0.288 e. The van der Waals surface area contributed by atoms with E-state index in [0.717, 1.165) is 5.56 Å². The van der Waals surface area contributed by atoms with E-state index in [9.17, 15) is 9.59 Å². The Kier molecular flexibility index (Phi) is 2.38. The molecule has 3 nitrogen and oxygen atoms in total. The first-order valence-corrected chi connectivity index (χ1v) is 5.58. The Morgan fingerprint density at radius 3 is 2.39 bits per heavy atom. The van der Waals surface area contributed by atoms with Crippen molar-refractivity contribution in [2.24, 2.45) is 0 Å². The lowest BCUT2D eigenvalue weighted by Gasteiger charge is -1.94. The average molecular weight is 235 g/mol. The summed E-state index contributed by atoms with van der Waals surface area (Å²) in [4.78, 5) is 28.1. The molecule has 0 unspecified atom stereocenters. The zero-order valence-corrected chi connectivity index (χ0v) is 9.46. The van der Waals surface area contributed by atoms with Crippen molar-refractivity contribution in [1.29, 1.82) is 0 Å². The molecular formula is C15H9NO2. The fraction of sp³-hybridized carbons (Fsp3) is 0. The number of benzene rings is 1. The number of Topliss-reactive ketones (excluding diaryl/α,β-unsaturated/α-hetero) is 2. The van der Waals surface area contributed by atoms with Crippen LogP contribution in [0.2, 0.25) is 0 Å². The van der Waals surface area contributed by atoms with E-state index in [-0.39, 0.29) is 22.8 Å². The zero-order chi connectivity index (χ0) is 12.5. The van der Waals surface area contributed by atoms with Gasteiger partial charge in [-0.2, -0.15) is 0 Å². The zero-order valence-electron chi connectivity index (χ0n) is 9.46. The van der Waals surface area contributed by atoms with Crippen LogP contribution in [0.5, 0.6) is 0 Å². The summed E-state index contributed by atoms with van der Waals surface area (Å²) in [5.74, 6) is -0.536. The third-order valence-electron chi connectivity index (χ3n) is 2.87. The largest absolute Gasteiger partial charge is 0.288 e. The van der Waals surface area contributed by atoms with Gasteiger partial charge in [0.2, 0.25) is 5.78 Å². The van der Waals surface area contributed by atoms with Gasteiger partial charge in [0.25, 0.3) is 0 Å². The van der Waals surface area contributed by atoms with Gasteiger partial charge in [0.1, 0.15) is 5.69 Å². The average Bonchev–Trinajstić information content (AvgIpc) is 2.66. The fourth-order valence-electron chi connectivity index (χ4n) is 1.99. The lowest BCUT2D eigenvalue weighted by molar-refractivity contribution is 0.0989. The molecule has 2 aromatic rings. The minimum absolute atomic E-state index is 0.190. The van der Waals surface area contributed by atoms with Gasteiger partial charge in [-0.05, 0) is 23.8 Å². The molecule has 0 fully saturated rings. The van der Waals surface area contributed by atoms with Gasteiger partial charge in [-0.1, -0.05) is 30.3 Å². The molecule has 18 heavy (non-hydrogen) atoms. The third-order valence-corrected chi connectivity index (χ3v) is 2.87. The van der Waals surface area contributed by atoms with Gasteiger partial charge >= 0.3 is 0 Å². The van der Waals surface area contributed by atoms with Crippen molar-refractivity contribution >= 4 is 17.6 Å². The van der Waals surface area contributed by atoms with E-state index in [1.165, 1.54) is 6.20 Å². The second-order valence-corrected chi connectivity index (χ2v) is 4.03. The Morgan fingerprint density at radius 2 is 1.67 bits per heavy atom. The molecule has 1 aromatic heterocycles. The molecule has 0 aliphatic heterocycles. The van der Waals surface area contributed by atoms with E-state index in [1.54, 1.807) is 18.2 Å². The Balaban J connectivity index is 2.10. The van der Waals surface area contributed by atoms with E-state index in [4.69, 9.17) is 0 Å². The van der Waals surface area contributed by atoms with Crippen LogP contribution in [0.25, 0.3) is 6.08 Å². The van der Waals surface area contributed by atoms with Crippen LogP contribution >= 0.6 is 0 Å². The highest BCUT2D eigenvalue weighted by Gasteiger charge is 2.33. The lowest BCUT2D eigenvalue weighted by Crippen LogP contribution is -2.00. The number of carbonyl (C=O) groups is 2. The predicted octanol–water partition coefficient (Wildman–Crippen LogP) is 2.54. The predicted molar refractivity (Wildman–Crippen MR) is 67.3 cm³/mol. The molecule has 0 bridgehead atoms. The van der Waals surface area contributed by atoms with Crippen LogP contribution in [0.1, 0.15) is 26.4 Å². The lowest BCUT2D eigenvalue weighted by atomic mass is 10.1. The van der Waals surface area contributed by atoms with E-state index < -0.39 is 0 Å². The molecule has 1 heterocycles. The first kappa shape index (κ1) is 10.6. The first-order valence-electron chi connectivity index (χ1n) is 5.58. The van der Waals surface area contributed by atoms with E-state index in [2.05, 4.69) is 4.98 Å². The van der Waals surface area contributed by atoms with Crippen molar-refractivity contribution < 1.29 is 9.59 Å². The van der Waals surface area contributed by atoms with Gasteiger partial charge < -0.3 is 0 Å². The molecule has 0 radical (unpaired) electrons. The summed E-state index contributed by atoms with van der Waals surface area (Å²) in [7, 11) is 0. The number of fused-ring (bicyclic) bond motifs is 1. The molecular weight excluding hydrogens is 226 g/mol. The number of allylic oxidation sites excluding steroid dienone is 1. The summed E-state index contributed by atoms with van der Waals surface area (Å²) in [6.07, 6.45) is 3.14. The molecule has 0 saturated heterocycles. The van der Waals surface area contributed by atoms with Crippen LogP contribution < -0.4 is 0 Å². The maximum Gasteiger partial charge on any atom is 0.216 e. The summed E-state index contributed by atoms with van der Waals surface area (Å²) in [6, 6.07) is 12.6. The number of pyridine rings is 1. The molecule has 0 spiro atoms. The second kappa shape index (κ2) is 4.04.